The van der Waals surface area contributed by atoms with Crippen molar-refractivity contribution in [2.45, 2.75) is 44.2 Å². The van der Waals surface area contributed by atoms with Crippen molar-refractivity contribution in [2.24, 2.45) is 0 Å². The van der Waals surface area contributed by atoms with Crippen molar-refractivity contribution in [3.63, 3.8) is 0 Å². The van der Waals surface area contributed by atoms with Gasteiger partial charge in [-0.1, -0.05) is 78.4 Å². The summed E-state index contributed by atoms with van der Waals surface area (Å²) in [5.74, 6) is 0.545. The van der Waals surface area contributed by atoms with Crippen LogP contribution in [0.1, 0.15) is 30.0 Å². The molecular weight excluding hydrogens is 428 g/mol. The van der Waals surface area contributed by atoms with Crippen LogP contribution >= 0.6 is 11.8 Å². The van der Waals surface area contributed by atoms with E-state index in [4.69, 9.17) is 0 Å². The first-order chi connectivity index (χ1) is 16.1. The molecule has 0 aliphatic heterocycles. The van der Waals surface area contributed by atoms with Crippen LogP contribution in [0.2, 0.25) is 0 Å². The van der Waals surface area contributed by atoms with E-state index < -0.39 is 6.04 Å². The van der Waals surface area contributed by atoms with Gasteiger partial charge in [0.1, 0.15) is 6.04 Å². The molecule has 2 amide bonds. The lowest BCUT2D eigenvalue weighted by Gasteiger charge is -2.31. The van der Waals surface area contributed by atoms with Crippen molar-refractivity contribution in [3.8, 4) is 0 Å². The maximum absolute atomic E-state index is 13.5. The molecule has 3 rings (SSSR count). The van der Waals surface area contributed by atoms with E-state index in [1.54, 1.807) is 16.7 Å². The monoisotopic (exact) mass is 460 g/mol. The number of nitrogens with one attached hydrogen (secondary N) is 1. The third-order valence-electron chi connectivity index (χ3n) is 5.42. The Hall–Kier alpha value is -3.05. The third kappa shape index (κ3) is 7.79. The smallest absolute Gasteiger partial charge is 0.243 e. The number of amides is 2. The zero-order valence-electron chi connectivity index (χ0n) is 19.4. The van der Waals surface area contributed by atoms with Crippen LogP contribution in [0, 0.1) is 6.92 Å². The predicted molar refractivity (Wildman–Crippen MR) is 136 cm³/mol. The normalized spacial score (nSPS) is 11.6. The van der Waals surface area contributed by atoms with Crippen LogP contribution in [-0.2, 0) is 22.6 Å². The van der Waals surface area contributed by atoms with Crippen LogP contribution in [0.15, 0.2) is 89.8 Å². The molecule has 0 saturated heterocycles. The Kier molecular flexibility index (Phi) is 9.58. The molecule has 1 atom stereocenters. The maximum Gasteiger partial charge on any atom is 0.243 e. The number of carbonyl (C=O) groups excluding carboxylic acids is 2. The van der Waals surface area contributed by atoms with E-state index in [0.29, 0.717) is 31.7 Å². The summed E-state index contributed by atoms with van der Waals surface area (Å²) in [5, 5.41) is 2.94. The van der Waals surface area contributed by atoms with Gasteiger partial charge in [0.05, 0.1) is 0 Å². The second kappa shape index (κ2) is 12.9. The quantitative estimate of drug-likeness (QED) is 0.398. The molecule has 3 aromatic rings. The number of aryl methyl sites for hydroxylation is 1. The fourth-order valence-corrected chi connectivity index (χ4v) is 4.50. The molecule has 0 fully saturated rings. The molecular formula is C28H32N2O2S. The van der Waals surface area contributed by atoms with E-state index in [-0.39, 0.29) is 11.8 Å². The van der Waals surface area contributed by atoms with Gasteiger partial charge in [-0.15, -0.1) is 11.8 Å². The highest BCUT2D eigenvalue weighted by atomic mass is 32.2. The van der Waals surface area contributed by atoms with E-state index >= 15 is 0 Å². The summed E-state index contributed by atoms with van der Waals surface area (Å²) in [6.07, 6.45) is 0.854. The van der Waals surface area contributed by atoms with Crippen molar-refractivity contribution in [1.29, 1.82) is 0 Å². The van der Waals surface area contributed by atoms with Gasteiger partial charge in [0, 0.05) is 36.6 Å². The third-order valence-corrected chi connectivity index (χ3v) is 6.44. The Labute approximate surface area is 201 Å². The van der Waals surface area contributed by atoms with Crippen LogP contribution in [0.5, 0.6) is 0 Å². The van der Waals surface area contributed by atoms with E-state index in [1.807, 2.05) is 67.6 Å². The van der Waals surface area contributed by atoms with Gasteiger partial charge in [-0.3, -0.25) is 9.59 Å². The second-order valence-electron chi connectivity index (χ2n) is 8.02. The highest BCUT2D eigenvalue weighted by Gasteiger charge is 2.29. The molecule has 5 heteroatoms. The SMILES string of the molecule is CCNC(=O)[C@@H](Cc1ccccc1)N(Cc1ccccc1)C(=O)CCSc1ccc(C)cc1. The highest BCUT2D eigenvalue weighted by Crippen LogP contribution is 2.21. The van der Waals surface area contributed by atoms with Crippen LogP contribution in [-0.4, -0.2) is 35.1 Å². The Bertz CT molecular complexity index is 1010. The summed E-state index contributed by atoms with van der Waals surface area (Å²) >= 11 is 1.67. The molecule has 172 valence electrons. The zero-order valence-corrected chi connectivity index (χ0v) is 20.2. The molecule has 0 saturated carbocycles. The minimum Gasteiger partial charge on any atom is -0.355 e. The van der Waals surface area contributed by atoms with E-state index in [9.17, 15) is 9.59 Å². The molecule has 4 nitrogen and oxygen atoms in total. The van der Waals surface area contributed by atoms with Gasteiger partial charge in [-0.05, 0) is 37.1 Å². The molecule has 1 N–H and O–H groups in total. The van der Waals surface area contributed by atoms with Crippen LogP contribution < -0.4 is 5.32 Å². The number of thioether (sulfide) groups is 1. The van der Waals surface area contributed by atoms with Crippen molar-refractivity contribution in [3.05, 3.63) is 102 Å². The first-order valence-corrected chi connectivity index (χ1v) is 12.4. The standard InChI is InChI=1S/C28H32N2O2S/c1-3-29-28(32)26(20-23-10-6-4-7-11-23)30(21-24-12-8-5-9-13-24)27(31)18-19-33-25-16-14-22(2)15-17-25/h4-17,26H,3,18-21H2,1-2H3,(H,29,32)/t26-/m1/s1. The lowest BCUT2D eigenvalue weighted by molar-refractivity contribution is -0.140. The van der Waals surface area contributed by atoms with Gasteiger partial charge in [0.2, 0.25) is 11.8 Å². The van der Waals surface area contributed by atoms with E-state index in [0.717, 1.165) is 16.0 Å². The minimum absolute atomic E-state index is 0.00866. The molecule has 0 bridgehead atoms. The summed E-state index contributed by atoms with van der Waals surface area (Å²) < 4.78 is 0. The Morgan fingerprint density at radius 2 is 1.48 bits per heavy atom. The number of hydrogen-bond donors (Lipinski definition) is 1. The van der Waals surface area contributed by atoms with Crippen molar-refractivity contribution < 1.29 is 9.59 Å². The summed E-state index contributed by atoms with van der Waals surface area (Å²) in [7, 11) is 0. The number of likely N-dealkylation sites (N-methyl/N-ethyl adjacent to an activating group) is 1. The van der Waals surface area contributed by atoms with Crippen molar-refractivity contribution in [1.82, 2.24) is 10.2 Å². The predicted octanol–water partition coefficient (Wildman–Crippen LogP) is 5.25. The lowest BCUT2D eigenvalue weighted by Crippen LogP contribution is -2.50. The molecule has 0 aliphatic rings. The molecule has 0 aromatic heterocycles. The zero-order chi connectivity index (χ0) is 23.5. The van der Waals surface area contributed by atoms with Gasteiger partial charge < -0.3 is 10.2 Å². The van der Waals surface area contributed by atoms with Gasteiger partial charge in [0.15, 0.2) is 0 Å². The largest absolute Gasteiger partial charge is 0.355 e. The summed E-state index contributed by atoms with van der Waals surface area (Å²) in [6, 6.07) is 27.5. The topological polar surface area (TPSA) is 49.4 Å². The molecule has 3 aromatic carbocycles. The number of benzene rings is 3. The average molecular weight is 461 g/mol. The molecule has 0 unspecified atom stereocenters. The molecule has 0 spiro atoms. The average Bonchev–Trinajstić information content (AvgIpc) is 2.84. The first-order valence-electron chi connectivity index (χ1n) is 11.4. The van der Waals surface area contributed by atoms with Crippen LogP contribution in [0.4, 0.5) is 0 Å². The minimum atomic E-state index is -0.565. The highest BCUT2D eigenvalue weighted by molar-refractivity contribution is 7.99. The van der Waals surface area contributed by atoms with Gasteiger partial charge in [-0.25, -0.2) is 0 Å². The number of rotatable bonds is 11. The molecule has 33 heavy (non-hydrogen) atoms. The number of carbonyl (C=O) groups is 2. The fourth-order valence-electron chi connectivity index (χ4n) is 3.66. The maximum atomic E-state index is 13.5. The second-order valence-corrected chi connectivity index (χ2v) is 9.19. The van der Waals surface area contributed by atoms with Gasteiger partial charge in [0.25, 0.3) is 0 Å². The number of nitrogens with zero attached hydrogens (tertiary/aromatic N) is 1. The fraction of sp³-hybridized carbons (Fsp3) is 0.286. The first kappa shape index (κ1) is 24.6. The molecule has 0 heterocycles. The van der Waals surface area contributed by atoms with Gasteiger partial charge in [-0.2, -0.15) is 0 Å². The van der Waals surface area contributed by atoms with Gasteiger partial charge >= 0.3 is 0 Å². The Morgan fingerprint density at radius 3 is 2.09 bits per heavy atom. The van der Waals surface area contributed by atoms with E-state index in [2.05, 4.69) is 36.5 Å². The number of hydrogen-bond acceptors (Lipinski definition) is 3. The Morgan fingerprint density at radius 1 is 0.879 bits per heavy atom. The summed E-state index contributed by atoms with van der Waals surface area (Å²) in [4.78, 5) is 29.5. The van der Waals surface area contributed by atoms with Crippen molar-refractivity contribution >= 4 is 23.6 Å². The van der Waals surface area contributed by atoms with E-state index in [1.165, 1.54) is 5.56 Å². The molecule has 0 aliphatic carbocycles. The van der Waals surface area contributed by atoms with Crippen LogP contribution in [0.3, 0.4) is 0 Å². The van der Waals surface area contributed by atoms with Crippen molar-refractivity contribution in [2.75, 3.05) is 12.3 Å². The van der Waals surface area contributed by atoms with Crippen LogP contribution in [0.25, 0.3) is 0 Å². The Balaban J connectivity index is 1.79. The summed E-state index contributed by atoms with van der Waals surface area (Å²) in [5.41, 5.74) is 3.27. The summed E-state index contributed by atoms with van der Waals surface area (Å²) in [6.45, 7) is 4.90. The molecule has 0 radical (unpaired) electrons. The lowest BCUT2D eigenvalue weighted by atomic mass is 10.0.